The van der Waals surface area contributed by atoms with Crippen molar-refractivity contribution in [2.24, 2.45) is 0 Å². The molecule has 1 aromatic rings. The van der Waals surface area contributed by atoms with Crippen molar-refractivity contribution >= 4 is 15.9 Å². The fourth-order valence-electron chi connectivity index (χ4n) is 2.46. The minimum Gasteiger partial charge on any atom is -0.496 e. The molecule has 1 fully saturated rings. The second kappa shape index (κ2) is 4.03. The Hall–Kier alpha value is -1.01. The number of benzene rings is 1. The van der Waals surface area contributed by atoms with Crippen molar-refractivity contribution < 1.29 is 4.74 Å². The van der Waals surface area contributed by atoms with E-state index in [2.05, 4.69) is 42.8 Å². The number of halogens is 1. The maximum absolute atomic E-state index is 9.38. The summed E-state index contributed by atoms with van der Waals surface area (Å²) in [5.41, 5.74) is 4.23. The van der Waals surface area contributed by atoms with Crippen LogP contribution in [0.1, 0.15) is 35.1 Å². The lowest BCUT2D eigenvalue weighted by Crippen LogP contribution is -2.11. The zero-order valence-electron chi connectivity index (χ0n) is 10.6. The van der Waals surface area contributed by atoms with Crippen LogP contribution < -0.4 is 4.74 Å². The lowest BCUT2D eigenvalue weighted by atomic mass is 9.88. The standard InChI is InChI=1S/C14H16BrNO/c1-8-9(2)13(17-4)11(10(3)12(8)15)14(7-16)5-6-14/h5-6H2,1-4H3. The van der Waals surface area contributed by atoms with Gasteiger partial charge in [0.05, 0.1) is 18.6 Å². The molecule has 1 aromatic carbocycles. The van der Waals surface area contributed by atoms with Gasteiger partial charge in [0.1, 0.15) is 5.75 Å². The summed E-state index contributed by atoms with van der Waals surface area (Å²) in [7, 11) is 1.69. The van der Waals surface area contributed by atoms with Gasteiger partial charge >= 0.3 is 0 Å². The maximum Gasteiger partial charge on any atom is 0.127 e. The third kappa shape index (κ3) is 1.66. The molecule has 1 saturated carbocycles. The fourth-order valence-corrected chi connectivity index (χ4v) is 2.95. The predicted molar refractivity (Wildman–Crippen MR) is 71.4 cm³/mol. The molecular weight excluding hydrogens is 278 g/mol. The van der Waals surface area contributed by atoms with Crippen molar-refractivity contribution in [2.45, 2.75) is 39.0 Å². The highest BCUT2D eigenvalue weighted by Gasteiger charge is 2.48. The minimum absolute atomic E-state index is 0.309. The van der Waals surface area contributed by atoms with E-state index >= 15 is 0 Å². The van der Waals surface area contributed by atoms with E-state index in [1.165, 1.54) is 5.56 Å². The van der Waals surface area contributed by atoms with Crippen molar-refractivity contribution in [2.75, 3.05) is 7.11 Å². The molecular formula is C14H16BrNO. The zero-order valence-corrected chi connectivity index (χ0v) is 12.2. The lowest BCUT2D eigenvalue weighted by molar-refractivity contribution is 0.403. The molecule has 2 nitrogen and oxygen atoms in total. The van der Waals surface area contributed by atoms with Crippen LogP contribution in [0.15, 0.2) is 4.47 Å². The molecule has 2 rings (SSSR count). The van der Waals surface area contributed by atoms with Crippen LogP contribution in [0, 0.1) is 32.1 Å². The van der Waals surface area contributed by atoms with Gasteiger partial charge in [-0.2, -0.15) is 5.26 Å². The third-order valence-corrected chi connectivity index (χ3v) is 5.00. The topological polar surface area (TPSA) is 33.0 Å². The zero-order chi connectivity index (χ0) is 12.8. The average molecular weight is 294 g/mol. The Morgan fingerprint density at radius 2 is 1.76 bits per heavy atom. The van der Waals surface area contributed by atoms with E-state index in [0.29, 0.717) is 0 Å². The predicted octanol–water partition coefficient (Wildman–Crippen LogP) is 3.94. The second-order valence-electron chi connectivity index (χ2n) is 4.79. The molecule has 0 heterocycles. The molecule has 0 unspecified atom stereocenters. The summed E-state index contributed by atoms with van der Waals surface area (Å²) in [6.07, 6.45) is 1.88. The number of ether oxygens (including phenoxy) is 1. The summed E-state index contributed by atoms with van der Waals surface area (Å²) in [6, 6.07) is 2.46. The van der Waals surface area contributed by atoms with Gasteiger partial charge < -0.3 is 4.74 Å². The van der Waals surface area contributed by atoms with Gasteiger partial charge in [-0.3, -0.25) is 0 Å². The Morgan fingerprint density at radius 3 is 2.18 bits per heavy atom. The van der Waals surface area contributed by atoms with Gasteiger partial charge in [-0.15, -0.1) is 0 Å². The van der Waals surface area contributed by atoms with E-state index in [9.17, 15) is 5.26 Å². The summed E-state index contributed by atoms with van der Waals surface area (Å²) in [5.74, 6) is 0.891. The molecule has 0 atom stereocenters. The molecule has 3 heteroatoms. The molecule has 0 bridgehead atoms. The quantitative estimate of drug-likeness (QED) is 0.827. The smallest absolute Gasteiger partial charge is 0.127 e. The molecule has 0 saturated heterocycles. The lowest BCUT2D eigenvalue weighted by Gasteiger charge is -2.21. The molecule has 0 spiro atoms. The molecule has 17 heavy (non-hydrogen) atoms. The number of rotatable bonds is 2. The Balaban J connectivity index is 2.79. The number of nitrogens with zero attached hydrogens (tertiary/aromatic N) is 1. The normalized spacial score (nSPS) is 16.5. The molecule has 1 aliphatic rings. The van der Waals surface area contributed by atoms with E-state index in [1.54, 1.807) is 7.11 Å². The van der Waals surface area contributed by atoms with E-state index in [-0.39, 0.29) is 5.41 Å². The third-order valence-electron chi connectivity index (χ3n) is 3.81. The molecule has 1 aliphatic carbocycles. The van der Waals surface area contributed by atoms with Crippen molar-refractivity contribution in [3.8, 4) is 11.8 Å². The highest BCUT2D eigenvalue weighted by Crippen LogP contribution is 2.54. The average Bonchev–Trinajstić information content (AvgIpc) is 3.11. The van der Waals surface area contributed by atoms with Gasteiger partial charge in [-0.1, -0.05) is 15.9 Å². The maximum atomic E-state index is 9.38. The van der Waals surface area contributed by atoms with Gasteiger partial charge in [-0.25, -0.2) is 0 Å². The van der Waals surface area contributed by atoms with Crippen molar-refractivity contribution in [1.29, 1.82) is 5.26 Å². The number of nitriles is 1. The van der Waals surface area contributed by atoms with Crippen LogP contribution in [0.5, 0.6) is 5.75 Å². The van der Waals surface area contributed by atoms with E-state index in [1.807, 2.05) is 0 Å². The summed E-state index contributed by atoms with van der Waals surface area (Å²) in [6.45, 7) is 6.19. The molecule has 0 aromatic heterocycles. The van der Waals surface area contributed by atoms with Crippen LogP contribution in [0.4, 0.5) is 0 Å². The molecule has 0 aliphatic heterocycles. The summed E-state index contributed by atoms with van der Waals surface area (Å²) >= 11 is 3.63. The monoisotopic (exact) mass is 293 g/mol. The van der Waals surface area contributed by atoms with Crippen LogP contribution in [-0.4, -0.2) is 7.11 Å². The van der Waals surface area contributed by atoms with Crippen molar-refractivity contribution in [1.82, 2.24) is 0 Å². The van der Waals surface area contributed by atoms with Gasteiger partial charge in [0, 0.05) is 10.0 Å². The van der Waals surface area contributed by atoms with Crippen LogP contribution >= 0.6 is 15.9 Å². The van der Waals surface area contributed by atoms with Crippen LogP contribution in [-0.2, 0) is 5.41 Å². The highest BCUT2D eigenvalue weighted by atomic mass is 79.9. The van der Waals surface area contributed by atoms with Gasteiger partial charge in [0.25, 0.3) is 0 Å². The number of hydrogen-bond acceptors (Lipinski definition) is 2. The Bertz CT molecular complexity index is 524. The SMILES string of the molecule is COc1c(C)c(C)c(Br)c(C)c1C1(C#N)CC1. The van der Waals surface area contributed by atoms with Gasteiger partial charge in [0.15, 0.2) is 0 Å². The fraction of sp³-hybridized carbons (Fsp3) is 0.500. The Kier molecular flexibility index (Phi) is 2.95. The first-order valence-electron chi connectivity index (χ1n) is 5.73. The van der Waals surface area contributed by atoms with E-state index in [4.69, 9.17) is 4.74 Å². The molecule has 0 radical (unpaired) electrons. The molecule has 90 valence electrons. The van der Waals surface area contributed by atoms with Crippen LogP contribution in [0.3, 0.4) is 0 Å². The number of hydrogen-bond donors (Lipinski definition) is 0. The van der Waals surface area contributed by atoms with Crippen LogP contribution in [0.2, 0.25) is 0 Å². The molecule has 0 amide bonds. The van der Waals surface area contributed by atoms with E-state index in [0.717, 1.165) is 39.8 Å². The first kappa shape index (κ1) is 12.4. The summed E-state index contributed by atoms with van der Waals surface area (Å²) in [4.78, 5) is 0. The van der Waals surface area contributed by atoms with Gasteiger partial charge in [0.2, 0.25) is 0 Å². The molecule has 0 N–H and O–H groups in total. The Morgan fingerprint density at radius 1 is 1.18 bits per heavy atom. The summed E-state index contributed by atoms with van der Waals surface area (Å²) < 4.78 is 6.65. The van der Waals surface area contributed by atoms with Gasteiger partial charge in [-0.05, 0) is 50.3 Å². The first-order chi connectivity index (χ1) is 7.98. The largest absolute Gasteiger partial charge is 0.496 e. The first-order valence-corrected chi connectivity index (χ1v) is 6.53. The summed E-state index contributed by atoms with van der Waals surface area (Å²) in [5, 5.41) is 9.38. The Labute approximate surface area is 111 Å². The van der Waals surface area contributed by atoms with Crippen LogP contribution in [0.25, 0.3) is 0 Å². The minimum atomic E-state index is -0.309. The highest BCUT2D eigenvalue weighted by molar-refractivity contribution is 9.10. The second-order valence-corrected chi connectivity index (χ2v) is 5.58. The van der Waals surface area contributed by atoms with Crippen molar-refractivity contribution in [3.05, 3.63) is 26.7 Å². The number of methoxy groups -OCH3 is 1. The van der Waals surface area contributed by atoms with E-state index < -0.39 is 0 Å². The van der Waals surface area contributed by atoms with Crippen molar-refractivity contribution in [3.63, 3.8) is 0 Å².